The van der Waals surface area contributed by atoms with Gasteiger partial charge in [0.05, 0.1) is 11.8 Å². The molecule has 0 bridgehead atoms. The predicted molar refractivity (Wildman–Crippen MR) is 42.1 cm³/mol. The highest BCUT2D eigenvalue weighted by Gasteiger charge is 2.63. The Morgan fingerprint density at radius 3 is 2.08 bits per heavy atom. The largest absolute Gasteiger partial charge is 0.481 e. The molecular weight excluding hydrogens is 176 g/mol. The Bertz CT molecular complexity index is 249. The van der Waals surface area contributed by atoms with Crippen molar-refractivity contribution in [2.75, 3.05) is 0 Å². The molecular formula is C8H12O5. The molecule has 2 saturated carbocycles. The standard InChI is InChI=1S/C8H10O4.H2O/c9-7(10)4-2-1-3-5(4)6(3)8(11)12;/h3-6H,1-2H2,(H,9,10)(H,11,12);1H2. The molecule has 0 radical (unpaired) electrons. The lowest BCUT2D eigenvalue weighted by Gasteiger charge is -2.05. The van der Waals surface area contributed by atoms with Crippen LogP contribution in [0.15, 0.2) is 0 Å². The van der Waals surface area contributed by atoms with Crippen LogP contribution in [0.25, 0.3) is 0 Å². The molecule has 0 aromatic rings. The Labute approximate surface area is 74.7 Å². The zero-order valence-electron chi connectivity index (χ0n) is 6.93. The molecule has 2 aliphatic rings. The van der Waals surface area contributed by atoms with Gasteiger partial charge in [-0.15, -0.1) is 0 Å². The van der Waals surface area contributed by atoms with E-state index in [1.54, 1.807) is 0 Å². The Balaban J connectivity index is 0.000000845. The average Bonchev–Trinajstić information content (AvgIpc) is 2.52. The van der Waals surface area contributed by atoms with E-state index in [0.29, 0.717) is 6.42 Å². The topological polar surface area (TPSA) is 106 Å². The maximum atomic E-state index is 10.6. The molecule has 0 amide bonds. The first-order chi connectivity index (χ1) is 5.63. The lowest BCUT2D eigenvalue weighted by atomic mass is 10.0. The van der Waals surface area contributed by atoms with Crippen LogP contribution in [0.4, 0.5) is 0 Å². The summed E-state index contributed by atoms with van der Waals surface area (Å²) in [6.45, 7) is 0. The zero-order valence-corrected chi connectivity index (χ0v) is 6.93. The van der Waals surface area contributed by atoms with E-state index in [4.69, 9.17) is 10.2 Å². The zero-order chi connectivity index (χ0) is 8.88. The predicted octanol–water partition coefficient (Wildman–Crippen LogP) is -0.397. The minimum Gasteiger partial charge on any atom is -0.481 e. The van der Waals surface area contributed by atoms with E-state index in [1.807, 2.05) is 0 Å². The van der Waals surface area contributed by atoms with E-state index in [9.17, 15) is 9.59 Å². The van der Waals surface area contributed by atoms with Crippen molar-refractivity contribution in [1.29, 1.82) is 0 Å². The third-order valence-electron chi connectivity index (χ3n) is 3.11. The molecule has 0 aromatic heterocycles. The van der Waals surface area contributed by atoms with Gasteiger partial charge >= 0.3 is 11.9 Å². The Morgan fingerprint density at radius 2 is 1.69 bits per heavy atom. The molecule has 4 unspecified atom stereocenters. The van der Waals surface area contributed by atoms with Crippen LogP contribution in [0.5, 0.6) is 0 Å². The summed E-state index contributed by atoms with van der Waals surface area (Å²) in [5, 5.41) is 17.4. The van der Waals surface area contributed by atoms with E-state index in [2.05, 4.69) is 0 Å². The Kier molecular flexibility index (Phi) is 2.30. The summed E-state index contributed by atoms with van der Waals surface area (Å²) in [6.07, 6.45) is 1.44. The van der Waals surface area contributed by atoms with Gasteiger partial charge in [-0.2, -0.15) is 0 Å². The van der Waals surface area contributed by atoms with E-state index in [0.717, 1.165) is 6.42 Å². The fraction of sp³-hybridized carbons (Fsp3) is 0.750. The lowest BCUT2D eigenvalue weighted by Crippen LogP contribution is -2.17. The van der Waals surface area contributed by atoms with Crippen LogP contribution < -0.4 is 0 Å². The normalized spacial score (nSPS) is 40.3. The van der Waals surface area contributed by atoms with E-state index >= 15 is 0 Å². The molecule has 0 heterocycles. The van der Waals surface area contributed by atoms with Gasteiger partial charge in [-0.05, 0) is 24.7 Å². The quantitative estimate of drug-likeness (QED) is 0.615. The molecule has 0 aliphatic heterocycles. The summed E-state index contributed by atoms with van der Waals surface area (Å²) in [4.78, 5) is 21.2. The van der Waals surface area contributed by atoms with Crippen LogP contribution in [0.2, 0.25) is 0 Å². The first kappa shape index (κ1) is 9.98. The molecule has 5 heteroatoms. The first-order valence-electron chi connectivity index (χ1n) is 4.08. The summed E-state index contributed by atoms with van der Waals surface area (Å²) in [5.41, 5.74) is 0. The van der Waals surface area contributed by atoms with Gasteiger partial charge in [0.2, 0.25) is 0 Å². The van der Waals surface area contributed by atoms with Crippen molar-refractivity contribution in [2.24, 2.45) is 23.7 Å². The number of fused-ring (bicyclic) bond motifs is 1. The number of carboxylic acids is 2. The monoisotopic (exact) mass is 188 g/mol. The summed E-state index contributed by atoms with van der Waals surface area (Å²) < 4.78 is 0. The molecule has 0 spiro atoms. The third-order valence-corrected chi connectivity index (χ3v) is 3.11. The average molecular weight is 188 g/mol. The molecule has 2 aliphatic carbocycles. The Morgan fingerprint density at radius 1 is 1.08 bits per heavy atom. The maximum absolute atomic E-state index is 10.6. The number of carboxylic acid groups (broad SMARTS) is 2. The van der Waals surface area contributed by atoms with Crippen LogP contribution in [0.1, 0.15) is 12.8 Å². The highest BCUT2D eigenvalue weighted by molar-refractivity contribution is 5.79. The minimum absolute atomic E-state index is 0. The molecule has 0 aromatic carbocycles. The fourth-order valence-corrected chi connectivity index (χ4v) is 2.52. The number of rotatable bonds is 2. The first-order valence-corrected chi connectivity index (χ1v) is 4.08. The van der Waals surface area contributed by atoms with Crippen LogP contribution >= 0.6 is 0 Å². The van der Waals surface area contributed by atoms with Gasteiger partial charge in [-0.25, -0.2) is 0 Å². The summed E-state index contributed by atoms with van der Waals surface area (Å²) in [6, 6.07) is 0. The summed E-state index contributed by atoms with van der Waals surface area (Å²) in [7, 11) is 0. The van der Waals surface area contributed by atoms with Crippen LogP contribution in [0, 0.1) is 23.7 Å². The van der Waals surface area contributed by atoms with Gasteiger partial charge in [0.25, 0.3) is 0 Å². The second-order valence-corrected chi connectivity index (χ2v) is 3.63. The number of hydrogen-bond donors (Lipinski definition) is 2. The molecule has 0 saturated heterocycles. The number of aliphatic carboxylic acids is 2. The van der Waals surface area contributed by atoms with Crippen molar-refractivity contribution < 1.29 is 25.3 Å². The minimum atomic E-state index is -0.828. The van der Waals surface area contributed by atoms with Gasteiger partial charge in [-0.3, -0.25) is 9.59 Å². The van der Waals surface area contributed by atoms with Crippen molar-refractivity contribution in [1.82, 2.24) is 0 Å². The molecule has 2 rings (SSSR count). The van der Waals surface area contributed by atoms with E-state index in [1.165, 1.54) is 0 Å². The van der Waals surface area contributed by atoms with Gasteiger partial charge in [0, 0.05) is 0 Å². The second-order valence-electron chi connectivity index (χ2n) is 3.63. The van der Waals surface area contributed by atoms with Crippen LogP contribution in [-0.4, -0.2) is 27.6 Å². The summed E-state index contributed by atoms with van der Waals surface area (Å²) >= 11 is 0. The van der Waals surface area contributed by atoms with Gasteiger partial charge in [0.1, 0.15) is 0 Å². The highest BCUT2D eigenvalue weighted by atomic mass is 16.4. The van der Waals surface area contributed by atoms with E-state index in [-0.39, 0.29) is 23.2 Å². The molecule has 13 heavy (non-hydrogen) atoms. The van der Waals surface area contributed by atoms with Crippen molar-refractivity contribution >= 4 is 11.9 Å². The van der Waals surface area contributed by atoms with Crippen LogP contribution in [0.3, 0.4) is 0 Å². The smallest absolute Gasteiger partial charge is 0.307 e. The fourth-order valence-electron chi connectivity index (χ4n) is 2.52. The van der Waals surface area contributed by atoms with Crippen molar-refractivity contribution in [3.63, 3.8) is 0 Å². The van der Waals surface area contributed by atoms with Crippen molar-refractivity contribution in [3.05, 3.63) is 0 Å². The SMILES string of the molecule is O.O=C(O)C1CCC2C(C(=O)O)C12. The van der Waals surface area contributed by atoms with Gasteiger partial charge in [-0.1, -0.05) is 0 Å². The van der Waals surface area contributed by atoms with Crippen LogP contribution in [-0.2, 0) is 9.59 Å². The number of carbonyl (C=O) groups is 2. The van der Waals surface area contributed by atoms with Crippen molar-refractivity contribution in [2.45, 2.75) is 12.8 Å². The van der Waals surface area contributed by atoms with Crippen molar-refractivity contribution in [3.8, 4) is 0 Å². The van der Waals surface area contributed by atoms with Gasteiger partial charge < -0.3 is 15.7 Å². The molecule has 5 nitrogen and oxygen atoms in total. The molecule has 2 fully saturated rings. The third kappa shape index (κ3) is 1.29. The van der Waals surface area contributed by atoms with Gasteiger partial charge in [0.15, 0.2) is 0 Å². The second kappa shape index (κ2) is 2.99. The highest BCUT2D eigenvalue weighted by Crippen LogP contribution is 2.60. The summed E-state index contributed by atoms with van der Waals surface area (Å²) in [5.74, 6) is -2.32. The molecule has 74 valence electrons. The maximum Gasteiger partial charge on any atom is 0.307 e. The molecule has 4 atom stereocenters. The Hall–Kier alpha value is -1.10. The lowest BCUT2D eigenvalue weighted by molar-refractivity contribution is -0.143. The molecule has 4 N–H and O–H groups in total. The van der Waals surface area contributed by atoms with E-state index < -0.39 is 17.9 Å². The number of hydrogen-bond acceptors (Lipinski definition) is 2.